The van der Waals surface area contributed by atoms with Crippen LogP contribution in [0.25, 0.3) is 11.0 Å². The Morgan fingerprint density at radius 3 is 2.88 bits per heavy atom. The summed E-state index contributed by atoms with van der Waals surface area (Å²) in [7, 11) is 2.08. The van der Waals surface area contributed by atoms with E-state index in [0.717, 1.165) is 17.9 Å². The smallest absolute Gasteiger partial charge is 0.126 e. The lowest BCUT2D eigenvalue weighted by molar-refractivity contribution is 0.551. The summed E-state index contributed by atoms with van der Waals surface area (Å²) >= 11 is 0. The summed E-state index contributed by atoms with van der Waals surface area (Å²) in [5.74, 6) is 1.10. The average Bonchev–Trinajstić information content (AvgIpc) is 2.56. The molecule has 1 unspecified atom stereocenters. The molecule has 1 aromatic heterocycles. The van der Waals surface area contributed by atoms with Gasteiger partial charge in [0.2, 0.25) is 0 Å². The van der Waals surface area contributed by atoms with Gasteiger partial charge in [0.15, 0.2) is 0 Å². The van der Waals surface area contributed by atoms with Crippen molar-refractivity contribution >= 4 is 11.0 Å². The van der Waals surface area contributed by atoms with Gasteiger partial charge in [-0.05, 0) is 38.1 Å². The molecule has 0 fully saturated rings. The van der Waals surface area contributed by atoms with Crippen LogP contribution in [-0.4, -0.2) is 16.1 Å². The molecule has 3 nitrogen and oxygen atoms in total. The third-order valence-electron chi connectivity index (χ3n) is 2.97. The molecule has 3 heteroatoms. The molecule has 1 N–H and O–H groups in total. The molecule has 2 aromatic rings. The number of hydrogen-bond donors (Lipinski definition) is 1. The van der Waals surface area contributed by atoms with Crippen molar-refractivity contribution in [2.75, 3.05) is 6.54 Å². The summed E-state index contributed by atoms with van der Waals surface area (Å²) in [6.07, 6.45) is 0. The predicted molar refractivity (Wildman–Crippen MR) is 67.5 cm³/mol. The maximum absolute atomic E-state index is 4.69. The van der Waals surface area contributed by atoms with Gasteiger partial charge >= 0.3 is 0 Å². The van der Waals surface area contributed by atoms with E-state index in [0.29, 0.717) is 6.04 Å². The molecule has 0 spiro atoms. The maximum atomic E-state index is 4.69. The van der Waals surface area contributed by atoms with E-state index < -0.39 is 0 Å². The van der Waals surface area contributed by atoms with E-state index in [2.05, 4.69) is 55.9 Å². The largest absolute Gasteiger partial charge is 0.330 e. The minimum atomic E-state index is 0.294. The Balaban J connectivity index is 2.51. The summed E-state index contributed by atoms with van der Waals surface area (Å²) in [6, 6.07) is 6.70. The van der Waals surface area contributed by atoms with E-state index in [1.165, 1.54) is 11.1 Å². The van der Waals surface area contributed by atoms with Crippen LogP contribution in [0.5, 0.6) is 0 Å². The Morgan fingerprint density at radius 1 is 1.44 bits per heavy atom. The molecule has 0 aliphatic rings. The van der Waals surface area contributed by atoms with Crippen LogP contribution in [0.2, 0.25) is 0 Å². The minimum Gasteiger partial charge on any atom is -0.330 e. The molecule has 0 radical (unpaired) electrons. The van der Waals surface area contributed by atoms with E-state index in [9.17, 15) is 0 Å². The van der Waals surface area contributed by atoms with E-state index in [-0.39, 0.29) is 0 Å². The van der Waals surface area contributed by atoms with Crippen molar-refractivity contribution in [1.29, 1.82) is 0 Å². The molecule has 2 rings (SSSR count). The molecular formula is C13H19N3. The molecule has 0 bridgehead atoms. The van der Waals surface area contributed by atoms with Crippen molar-refractivity contribution in [2.45, 2.75) is 26.8 Å². The molecular weight excluding hydrogens is 198 g/mol. The molecule has 0 saturated carbocycles. The molecule has 86 valence electrons. The molecule has 1 atom stereocenters. The van der Waals surface area contributed by atoms with E-state index >= 15 is 0 Å². The molecule has 16 heavy (non-hydrogen) atoms. The fourth-order valence-electron chi connectivity index (χ4n) is 2.11. The molecule has 1 heterocycles. The van der Waals surface area contributed by atoms with Crippen LogP contribution < -0.4 is 5.32 Å². The standard InChI is InChI=1S/C13H19N3/c1-5-14-10(3)13-15-11-8-9(2)6-7-12(11)16(13)4/h6-8,10,14H,5H2,1-4H3. The van der Waals surface area contributed by atoms with Gasteiger partial charge < -0.3 is 9.88 Å². The van der Waals surface area contributed by atoms with E-state index in [4.69, 9.17) is 4.98 Å². The number of aromatic nitrogens is 2. The Kier molecular flexibility index (Phi) is 2.97. The monoisotopic (exact) mass is 217 g/mol. The van der Waals surface area contributed by atoms with Crippen LogP contribution in [0.4, 0.5) is 0 Å². The summed E-state index contributed by atoms with van der Waals surface area (Å²) in [6.45, 7) is 7.33. The fourth-order valence-corrected chi connectivity index (χ4v) is 2.11. The summed E-state index contributed by atoms with van der Waals surface area (Å²) in [5.41, 5.74) is 3.54. The summed E-state index contributed by atoms with van der Waals surface area (Å²) < 4.78 is 2.17. The Labute approximate surface area is 96.5 Å². The van der Waals surface area contributed by atoms with Crippen LogP contribution in [0.15, 0.2) is 18.2 Å². The molecule has 1 aromatic carbocycles. The third kappa shape index (κ3) is 1.83. The summed E-state index contributed by atoms with van der Waals surface area (Å²) in [4.78, 5) is 4.69. The average molecular weight is 217 g/mol. The van der Waals surface area contributed by atoms with Gasteiger partial charge in [0.1, 0.15) is 5.82 Å². The second-order valence-corrected chi connectivity index (χ2v) is 4.30. The first-order chi connectivity index (χ1) is 7.63. The van der Waals surface area contributed by atoms with Crippen molar-refractivity contribution in [1.82, 2.24) is 14.9 Å². The lowest BCUT2D eigenvalue weighted by atomic mass is 10.2. The SMILES string of the molecule is CCNC(C)c1nc2cc(C)ccc2n1C. The topological polar surface area (TPSA) is 29.9 Å². The van der Waals surface area contributed by atoms with Crippen molar-refractivity contribution in [3.05, 3.63) is 29.6 Å². The Morgan fingerprint density at radius 2 is 2.19 bits per heavy atom. The van der Waals surface area contributed by atoms with Crippen LogP contribution in [-0.2, 0) is 7.05 Å². The van der Waals surface area contributed by atoms with Gasteiger partial charge in [-0.1, -0.05) is 13.0 Å². The zero-order valence-corrected chi connectivity index (χ0v) is 10.4. The van der Waals surface area contributed by atoms with E-state index in [1.54, 1.807) is 0 Å². The van der Waals surface area contributed by atoms with E-state index in [1.807, 2.05) is 0 Å². The minimum absolute atomic E-state index is 0.294. The highest BCUT2D eigenvalue weighted by Gasteiger charge is 2.12. The second-order valence-electron chi connectivity index (χ2n) is 4.30. The van der Waals surface area contributed by atoms with Gasteiger partial charge in [-0.2, -0.15) is 0 Å². The fraction of sp³-hybridized carbons (Fsp3) is 0.462. The van der Waals surface area contributed by atoms with Crippen LogP contribution in [0.1, 0.15) is 31.3 Å². The van der Waals surface area contributed by atoms with Crippen molar-refractivity contribution in [3.63, 3.8) is 0 Å². The van der Waals surface area contributed by atoms with Gasteiger partial charge in [-0.3, -0.25) is 0 Å². The van der Waals surface area contributed by atoms with Gasteiger partial charge in [0, 0.05) is 7.05 Å². The normalized spacial score (nSPS) is 13.2. The highest BCUT2D eigenvalue weighted by atomic mass is 15.1. The third-order valence-corrected chi connectivity index (χ3v) is 2.97. The van der Waals surface area contributed by atoms with Crippen LogP contribution >= 0.6 is 0 Å². The zero-order chi connectivity index (χ0) is 11.7. The first-order valence-electron chi connectivity index (χ1n) is 5.80. The highest BCUT2D eigenvalue weighted by molar-refractivity contribution is 5.76. The first-order valence-corrected chi connectivity index (χ1v) is 5.80. The lowest BCUT2D eigenvalue weighted by Crippen LogP contribution is -2.20. The van der Waals surface area contributed by atoms with Gasteiger partial charge in [-0.25, -0.2) is 4.98 Å². The number of nitrogens with zero attached hydrogens (tertiary/aromatic N) is 2. The lowest BCUT2D eigenvalue weighted by Gasteiger charge is -2.11. The summed E-state index contributed by atoms with van der Waals surface area (Å²) in [5, 5.41) is 3.39. The van der Waals surface area contributed by atoms with Crippen molar-refractivity contribution in [3.8, 4) is 0 Å². The number of imidazole rings is 1. The number of fused-ring (bicyclic) bond motifs is 1. The second kappa shape index (κ2) is 4.26. The molecule has 0 saturated heterocycles. The molecule has 0 amide bonds. The Bertz CT molecular complexity index is 499. The quantitative estimate of drug-likeness (QED) is 0.856. The van der Waals surface area contributed by atoms with Gasteiger partial charge in [-0.15, -0.1) is 0 Å². The first kappa shape index (κ1) is 11.1. The van der Waals surface area contributed by atoms with Crippen LogP contribution in [0, 0.1) is 6.92 Å². The van der Waals surface area contributed by atoms with Crippen molar-refractivity contribution in [2.24, 2.45) is 7.05 Å². The Hall–Kier alpha value is -1.35. The number of benzene rings is 1. The molecule has 0 aliphatic carbocycles. The van der Waals surface area contributed by atoms with Gasteiger partial charge in [0.25, 0.3) is 0 Å². The zero-order valence-electron chi connectivity index (χ0n) is 10.4. The predicted octanol–water partition coefficient (Wildman–Crippen LogP) is 2.55. The number of rotatable bonds is 3. The number of nitrogens with one attached hydrogen (secondary N) is 1. The van der Waals surface area contributed by atoms with Crippen LogP contribution in [0.3, 0.4) is 0 Å². The number of aryl methyl sites for hydroxylation is 2. The van der Waals surface area contributed by atoms with Gasteiger partial charge in [0.05, 0.1) is 17.1 Å². The highest BCUT2D eigenvalue weighted by Crippen LogP contribution is 2.20. The molecule has 0 aliphatic heterocycles. The van der Waals surface area contributed by atoms with Crippen molar-refractivity contribution < 1.29 is 0 Å². The maximum Gasteiger partial charge on any atom is 0.126 e. The number of hydrogen-bond acceptors (Lipinski definition) is 2.